The maximum Gasteiger partial charge on any atom is 0.409 e. The largest absolute Gasteiger partial charge is 0.453 e. The van der Waals surface area contributed by atoms with Gasteiger partial charge >= 0.3 is 6.09 Å². The molecule has 0 aromatic carbocycles. The fraction of sp³-hybridized carbons (Fsp3) is 0.875. The van der Waals surface area contributed by atoms with Gasteiger partial charge in [-0.25, -0.2) is 4.79 Å². The van der Waals surface area contributed by atoms with E-state index in [0.717, 1.165) is 13.1 Å². The van der Waals surface area contributed by atoms with E-state index in [4.69, 9.17) is 0 Å². The average molecular weight is 172 g/mol. The van der Waals surface area contributed by atoms with E-state index in [1.165, 1.54) is 7.11 Å². The van der Waals surface area contributed by atoms with Gasteiger partial charge in [-0.15, -0.1) is 0 Å². The van der Waals surface area contributed by atoms with Crippen LogP contribution in [0.3, 0.4) is 0 Å². The van der Waals surface area contributed by atoms with E-state index in [1.807, 2.05) is 6.92 Å². The van der Waals surface area contributed by atoms with Crippen molar-refractivity contribution in [2.24, 2.45) is 0 Å². The summed E-state index contributed by atoms with van der Waals surface area (Å²) >= 11 is 0. The zero-order valence-corrected chi connectivity index (χ0v) is 7.83. The molecular weight excluding hydrogens is 156 g/mol. The van der Waals surface area contributed by atoms with Crippen LogP contribution in [0.5, 0.6) is 0 Å². The highest BCUT2D eigenvalue weighted by Crippen LogP contribution is 2.07. The van der Waals surface area contributed by atoms with Crippen molar-refractivity contribution < 1.29 is 9.53 Å². The van der Waals surface area contributed by atoms with Crippen LogP contribution in [-0.2, 0) is 4.74 Å². The molecule has 1 heterocycles. The lowest BCUT2D eigenvalue weighted by Gasteiger charge is -2.36. The first-order chi connectivity index (χ1) is 5.65. The Morgan fingerprint density at radius 2 is 2.25 bits per heavy atom. The van der Waals surface area contributed by atoms with Crippen LogP contribution in [0.2, 0.25) is 0 Å². The molecule has 1 fully saturated rings. The summed E-state index contributed by atoms with van der Waals surface area (Å²) in [6.45, 7) is 5.64. The van der Waals surface area contributed by atoms with E-state index in [2.05, 4.69) is 17.0 Å². The number of methoxy groups -OCH3 is 1. The molecule has 0 aromatic rings. The summed E-state index contributed by atoms with van der Waals surface area (Å²) in [6.07, 6.45) is -0.226. The Hall–Kier alpha value is -0.770. The molecular formula is C8H16N2O2. The quantitative estimate of drug-likeness (QED) is 0.576. The lowest BCUT2D eigenvalue weighted by molar-refractivity contribution is 0.0899. The highest BCUT2D eigenvalue weighted by Gasteiger charge is 2.26. The van der Waals surface area contributed by atoms with Crippen molar-refractivity contribution in [2.45, 2.75) is 25.9 Å². The number of nitrogens with one attached hydrogen (secondary N) is 1. The van der Waals surface area contributed by atoms with Crippen molar-refractivity contribution in [1.29, 1.82) is 0 Å². The maximum atomic E-state index is 11.2. The molecule has 4 heteroatoms. The van der Waals surface area contributed by atoms with Gasteiger partial charge in [0, 0.05) is 25.2 Å². The van der Waals surface area contributed by atoms with Gasteiger partial charge in [0.05, 0.1) is 7.11 Å². The summed E-state index contributed by atoms with van der Waals surface area (Å²) in [5.74, 6) is 0. The predicted molar refractivity (Wildman–Crippen MR) is 46.0 cm³/mol. The van der Waals surface area contributed by atoms with Gasteiger partial charge in [-0.1, -0.05) is 0 Å². The van der Waals surface area contributed by atoms with Crippen LogP contribution in [0.4, 0.5) is 4.79 Å². The summed E-state index contributed by atoms with van der Waals surface area (Å²) in [5.41, 5.74) is 0. The van der Waals surface area contributed by atoms with Crippen LogP contribution in [0, 0.1) is 0 Å². The van der Waals surface area contributed by atoms with Gasteiger partial charge < -0.3 is 15.0 Å². The van der Waals surface area contributed by atoms with Crippen molar-refractivity contribution in [3.63, 3.8) is 0 Å². The zero-order valence-electron chi connectivity index (χ0n) is 7.83. The molecule has 2 atom stereocenters. The molecule has 1 N–H and O–H groups in total. The second kappa shape index (κ2) is 3.76. The number of carbonyl (C=O) groups is 1. The van der Waals surface area contributed by atoms with Gasteiger partial charge in [-0.05, 0) is 13.8 Å². The Balaban J connectivity index is 2.54. The highest BCUT2D eigenvalue weighted by molar-refractivity contribution is 5.68. The first-order valence-corrected chi connectivity index (χ1v) is 4.23. The number of nitrogens with zero attached hydrogens (tertiary/aromatic N) is 1. The van der Waals surface area contributed by atoms with Crippen LogP contribution < -0.4 is 5.32 Å². The van der Waals surface area contributed by atoms with Crippen LogP contribution in [0.15, 0.2) is 0 Å². The Morgan fingerprint density at radius 3 is 2.83 bits per heavy atom. The fourth-order valence-electron chi connectivity index (χ4n) is 1.39. The van der Waals surface area contributed by atoms with E-state index in [-0.39, 0.29) is 12.1 Å². The van der Waals surface area contributed by atoms with Gasteiger partial charge in [0.1, 0.15) is 0 Å². The SMILES string of the molecule is COC(=O)N1C[C@@H](C)NC[C@@H]1C. The Bertz CT molecular complexity index is 172. The highest BCUT2D eigenvalue weighted by atomic mass is 16.5. The number of hydrogen-bond acceptors (Lipinski definition) is 3. The predicted octanol–water partition coefficient (Wildman–Crippen LogP) is 0.435. The molecule has 0 radical (unpaired) electrons. The van der Waals surface area contributed by atoms with Crippen molar-refractivity contribution in [1.82, 2.24) is 10.2 Å². The standard InChI is InChI=1S/C8H16N2O2/c1-6-5-10(8(11)12-3)7(2)4-9-6/h6-7,9H,4-5H2,1-3H3/t6-,7+/m1/s1. The first-order valence-electron chi connectivity index (χ1n) is 4.23. The number of ether oxygens (including phenoxy) is 1. The fourth-order valence-corrected chi connectivity index (χ4v) is 1.39. The van der Waals surface area contributed by atoms with Crippen molar-refractivity contribution >= 4 is 6.09 Å². The van der Waals surface area contributed by atoms with E-state index in [9.17, 15) is 4.79 Å². The molecule has 0 saturated carbocycles. The van der Waals surface area contributed by atoms with Crippen LogP contribution in [0.1, 0.15) is 13.8 Å². The third-order valence-electron chi connectivity index (χ3n) is 2.17. The lowest BCUT2D eigenvalue weighted by atomic mass is 10.1. The molecule has 0 aromatic heterocycles. The second-order valence-corrected chi connectivity index (χ2v) is 3.28. The third-order valence-corrected chi connectivity index (χ3v) is 2.17. The number of rotatable bonds is 0. The molecule has 1 aliphatic heterocycles. The Labute approximate surface area is 72.9 Å². The van der Waals surface area contributed by atoms with E-state index in [0.29, 0.717) is 6.04 Å². The minimum Gasteiger partial charge on any atom is -0.453 e. The summed E-state index contributed by atoms with van der Waals surface area (Å²) < 4.78 is 4.67. The summed E-state index contributed by atoms with van der Waals surface area (Å²) in [5, 5.41) is 3.29. The molecule has 0 unspecified atom stereocenters. The lowest BCUT2D eigenvalue weighted by Crippen LogP contribution is -2.56. The molecule has 1 aliphatic rings. The third kappa shape index (κ3) is 1.88. The number of hydrogen-bond donors (Lipinski definition) is 1. The summed E-state index contributed by atoms with van der Waals surface area (Å²) in [4.78, 5) is 12.9. The minimum absolute atomic E-state index is 0.226. The van der Waals surface area contributed by atoms with Gasteiger partial charge in [0.2, 0.25) is 0 Å². The smallest absolute Gasteiger partial charge is 0.409 e. The van der Waals surface area contributed by atoms with Gasteiger partial charge in [-0.3, -0.25) is 0 Å². The van der Waals surface area contributed by atoms with Gasteiger partial charge in [0.25, 0.3) is 0 Å². The normalized spacial score (nSPS) is 30.1. The Morgan fingerprint density at radius 1 is 1.58 bits per heavy atom. The molecule has 0 aliphatic carbocycles. The summed E-state index contributed by atoms with van der Waals surface area (Å²) in [6, 6.07) is 0.592. The van der Waals surface area contributed by atoms with E-state index >= 15 is 0 Å². The van der Waals surface area contributed by atoms with Gasteiger partial charge in [-0.2, -0.15) is 0 Å². The summed E-state index contributed by atoms with van der Waals surface area (Å²) in [7, 11) is 1.42. The maximum absolute atomic E-state index is 11.2. The van der Waals surface area contributed by atoms with Crippen LogP contribution in [-0.4, -0.2) is 43.3 Å². The topological polar surface area (TPSA) is 41.6 Å². The number of piperazine rings is 1. The molecule has 0 bridgehead atoms. The molecule has 0 spiro atoms. The van der Waals surface area contributed by atoms with Crippen LogP contribution >= 0.6 is 0 Å². The molecule has 4 nitrogen and oxygen atoms in total. The zero-order chi connectivity index (χ0) is 9.14. The molecule has 1 rings (SSSR count). The number of amides is 1. The van der Waals surface area contributed by atoms with Crippen molar-refractivity contribution in [2.75, 3.05) is 20.2 Å². The van der Waals surface area contributed by atoms with E-state index in [1.54, 1.807) is 4.90 Å². The molecule has 1 amide bonds. The molecule has 70 valence electrons. The van der Waals surface area contributed by atoms with Crippen molar-refractivity contribution in [3.05, 3.63) is 0 Å². The molecule has 1 saturated heterocycles. The number of carbonyl (C=O) groups excluding carboxylic acids is 1. The van der Waals surface area contributed by atoms with E-state index < -0.39 is 0 Å². The monoisotopic (exact) mass is 172 g/mol. The Kier molecular flexibility index (Phi) is 2.92. The minimum atomic E-state index is -0.226. The molecule has 12 heavy (non-hydrogen) atoms. The van der Waals surface area contributed by atoms with Crippen LogP contribution in [0.25, 0.3) is 0 Å². The van der Waals surface area contributed by atoms with Gasteiger partial charge in [0.15, 0.2) is 0 Å². The first kappa shape index (κ1) is 9.32. The van der Waals surface area contributed by atoms with Crippen molar-refractivity contribution in [3.8, 4) is 0 Å². The average Bonchev–Trinajstić information content (AvgIpc) is 2.08. The second-order valence-electron chi connectivity index (χ2n) is 3.28.